The third kappa shape index (κ3) is 7.33. The zero-order chi connectivity index (χ0) is 14.8. The molecule has 0 bridgehead atoms. The maximum absolute atomic E-state index is 11.4. The number of ether oxygens (including phenoxy) is 2. The molecule has 6 heteroatoms. The number of carbonyl (C=O) groups excluding carboxylic acids is 1. The first kappa shape index (κ1) is 16.8. The first-order valence-electron chi connectivity index (χ1n) is 7.45. The number of aliphatic imine (C=N–C) groups is 1. The molecule has 6 nitrogen and oxygen atoms in total. The molecule has 1 unspecified atom stereocenters. The molecule has 20 heavy (non-hydrogen) atoms. The first-order valence-corrected chi connectivity index (χ1v) is 7.45. The standard InChI is InChI=1S/C14H27N3O3/c1-4-15-14(17-10-12-6-5-9-19-12)16-8-7-13(18)20-11(2)3/h11-12H,4-10H2,1-3H3,(H2,15,16,17). The van der Waals surface area contributed by atoms with E-state index in [9.17, 15) is 4.79 Å². The average Bonchev–Trinajstić information content (AvgIpc) is 2.88. The Morgan fingerprint density at radius 2 is 2.25 bits per heavy atom. The Balaban J connectivity index is 2.26. The van der Waals surface area contributed by atoms with Gasteiger partial charge < -0.3 is 20.1 Å². The number of nitrogens with zero attached hydrogens (tertiary/aromatic N) is 1. The summed E-state index contributed by atoms with van der Waals surface area (Å²) in [5.41, 5.74) is 0. The molecule has 0 spiro atoms. The third-order valence-electron chi connectivity index (χ3n) is 2.81. The van der Waals surface area contributed by atoms with E-state index in [1.807, 2.05) is 20.8 Å². The van der Waals surface area contributed by atoms with Gasteiger partial charge in [0, 0.05) is 19.7 Å². The molecule has 1 atom stereocenters. The van der Waals surface area contributed by atoms with Crippen LogP contribution in [0.25, 0.3) is 0 Å². The Bertz CT molecular complexity index is 313. The van der Waals surface area contributed by atoms with Crippen molar-refractivity contribution in [2.75, 3.05) is 26.2 Å². The van der Waals surface area contributed by atoms with E-state index < -0.39 is 0 Å². The molecule has 0 radical (unpaired) electrons. The van der Waals surface area contributed by atoms with Crippen molar-refractivity contribution in [3.63, 3.8) is 0 Å². The maximum Gasteiger partial charge on any atom is 0.307 e. The molecule has 0 aromatic heterocycles. The van der Waals surface area contributed by atoms with Crippen molar-refractivity contribution in [3.05, 3.63) is 0 Å². The van der Waals surface area contributed by atoms with Gasteiger partial charge in [-0.1, -0.05) is 0 Å². The molecule has 1 aliphatic rings. The second-order valence-electron chi connectivity index (χ2n) is 5.07. The summed E-state index contributed by atoms with van der Waals surface area (Å²) in [5.74, 6) is 0.530. The molecule has 116 valence electrons. The van der Waals surface area contributed by atoms with Crippen molar-refractivity contribution < 1.29 is 14.3 Å². The van der Waals surface area contributed by atoms with Gasteiger partial charge in [-0.25, -0.2) is 0 Å². The van der Waals surface area contributed by atoms with Gasteiger partial charge in [-0.3, -0.25) is 9.79 Å². The Labute approximate surface area is 121 Å². The average molecular weight is 285 g/mol. The van der Waals surface area contributed by atoms with Crippen LogP contribution < -0.4 is 10.6 Å². The predicted molar refractivity (Wildman–Crippen MR) is 78.8 cm³/mol. The SMILES string of the molecule is CCNC(=NCC1CCCO1)NCCC(=O)OC(C)C. The molecule has 0 saturated carbocycles. The lowest BCUT2D eigenvalue weighted by Crippen LogP contribution is -2.39. The van der Waals surface area contributed by atoms with Gasteiger partial charge in [0.1, 0.15) is 0 Å². The van der Waals surface area contributed by atoms with Crippen molar-refractivity contribution in [2.45, 2.75) is 52.2 Å². The second kappa shape index (κ2) is 9.58. The number of hydrogen-bond donors (Lipinski definition) is 2. The number of hydrogen-bond acceptors (Lipinski definition) is 4. The summed E-state index contributed by atoms with van der Waals surface area (Å²) in [6.45, 7) is 8.50. The van der Waals surface area contributed by atoms with Crippen molar-refractivity contribution >= 4 is 11.9 Å². The minimum atomic E-state index is -0.192. The number of nitrogens with one attached hydrogen (secondary N) is 2. The topological polar surface area (TPSA) is 72.0 Å². The molecule has 0 aliphatic carbocycles. The molecule has 1 rings (SSSR count). The van der Waals surface area contributed by atoms with E-state index >= 15 is 0 Å². The van der Waals surface area contributed by atoms with Crippen LogP contribution >= 0.6 is 0 Å². The van der Waals surface area contributed by atoms with Gasteiger partial charge in [0.2, 0.25) is 0 Å². The van der Waals surface area contributed by atoms with Crippen LogP contribution in [-0.4, -0.2) is 50.4 Å². The van der Waals surface area contributed by atoms with Gasteiger partial charge in [-0.15, -0.1) is 0 Å². The molecular formula is C14H27N3O3. The minimum Gasteiger partial charge on any atom is -0.463 e. The largest absolute Gasteiger partial charge is 0.463 e. The molecular weight excluding hydrogens is 258 g/mol. The van der Waals surface area contributed by atoms with Crippen molar-refractivity contribution in [1.29, 1.82) is 0 Å². The summed E-state index contributed by atoms with van der Waals surface area (Å²) in [7, 11) is 0. The van der Waals surface area contributed by atoms with Gasteiger partial charge in [-0.05, 0) is 33.6 Å². The fourth-order valence-electron chi connectivity index (χ4n) is 1.93. The molecule has 1 aliphatic heterocycles. The van der Waals surface area contributed by atoms with E-state index in [-0.39, 0.29) is 18.2 Å². The maximum atomic E-state index is 11.4. The van der Waals surface area contributed by atoms with Gasteiger partial charge in [0.25, 0.3) is 0 Å². The monoisotopic (exact) mass is 285 g/mol. The van der Waals surface area contributed by atoms with Crippen molar-refractivity contribution in [2.24, 2.45) is 4.99 Å². The van der Waals surface area contributed by atoms with Crippen LogP contribution in [0.1, 0.15) is 40.0 Å². The normalized spacial score (nSPS) is 19.2. The molecule has 0 amide bonds. The van der Waals surface area contributed by atoms with E-state index in [1.165, 1.54) is 0 Å². The van der Waals surface area contributed by atoms with Gasteiger partial charge in [0.05, 0.1) is 25.2 Å². The van der Waals surface area contributed by atoms with Gasteiger partial charge >= 0.3 is 5.97 Å². The second-order valence-corrected chi connectivity index (χ2v) is 5.07. The smallest absolute Gasteiger partial charge is 0.307 e. The summed E-state index contributed by atoms with van der Waals surface area (Å²) in [6.07, 6.45) is 2.69. The Morgan fingerprint density at radius 1 is 1.45 bits per heavy atom. The molecule has 0 aromatic rings. The lowest BCUT2D eigenvalue weighted by molar-refractivity contribution is -0.147. The van der Waals surface area contributed by atoms with E-state index in [2.05, 4.69) is 15.6 Å². The molecule has 1 saturated heterocycles. The van der Waals surface area contributed by atoms with E-state index in [0.29, 0.717) is 19.5 Å². The van der Waals surface area contributed by atoms with Crippen LogP contribution in [0.4, 0.5) is 0 Å². The number of esters is 1. The Morgan fingerprint density at radius 3 is 2.85 bits per heavy atom. The highest BCUT2D eigenvalue weighted by Crippen LogP contribution is 2.11. The van der Waals surface area contributed by atoms with Crippen molar-refractivity contribution in [1.82, 2.24) is 10.6 Å². The van der Waals surface area contributed by atoms with Crippen LogP contribution in [0.3, 0.4) is 0 Å². The molecule has 1 fully saturated rings. The van der Waals surface area contributed by atoms with Crippen LogP contribution in [-0.2, 0) is 14.3 Å². The number of rotatable bonds is 7. The summed E-state index contributed by atoms with van der Waals surface area (Å²) in [4.78, 5) is 15.9. The predicted octanol–water partition coefficient (Wildman–Crippen LogP) is 1.06. The Kier molecular flexibility index (Phi) is 8.02. The van der Waals surface area contributed by atoms with Crippen LogP contribution in [0.2, 0.25) is 0 Å². The van der Waals surface area contributed by atoms with E-state index in [0.717, 1.165) is 32.0 Å². The fraction of sp³-hybridized carbons (Fsp3) is 0.857. The molecule has 0 aromatic carbocycles. The minimum absolute atomic E-state index is 0.0658. The first-order chi connectivity index (χ1) is 9.61. The highest BCUT2D eigenvalue weighted by molar-refractivity contribution is 5.80. The lowest BCUT2D eigenvalue weighted by atomic mass is 10.2. The van der Waals surface area contributed by atoms with Crippen LogP contribution in [0, 0.1) is 0 Å². The molecule has 2 N–H and O–H groups in total. The zero-order valence-corrected chi connectivity index (χ0v) is 12.8. The van der Waals surface area contributed by atoms with Crippen molar-refractivity contribution in [3.8, 4) is 0 Å². The quantitative estimate of drug-likeness (QED) is 0.416. The van der Waals surface area contributed by atoms with Gasteiger partial charge in [0.15, 0.2) is 5.96 Å². The Hall–Kier alpha value is -1.30. The van der Waals surface area contributed by atoms with Crippen LogP contribution in [0.15, 0.2) is 4.99 Å². The number of guanidine groups is 1. The third-order valence-corrected chi connectivity index (χ3v) is 2.81. The highest BCUT2D eigenvalue weighted by atomic mass is 16.5. The zero-order valence-electron chi connectivity index (χ0n) is 12.8. The summed E-state index contributed by atoms with van der Waals surface area (Å²) in [5, 5.41) is 6.28. The summed E-state index contributed by atoms with van der Waals surface area (Å²) in [6, 6.07) is 0. The van der Waals surface area contributed by atoms with E-state index in [1.54, 1.807) is 0 Å². The van der Waals surface area contributed by atoms with E-state index in [4.69, 9.17) is 9.47 Å². The fourth-order valence-corrected chi connectivity index (χ4v) is 1.93. The molecule has 1 heterocycles. The lowest BCUT2D eigenvalue weighted by Gasteiger charge is -2.13. The van der Waals surface area contributed by atoms with Crippen LogP contribution in [0.5, 0.6) is 0 Å². The number of carbonyl (C=O) groups is 1. The summed E-state index contributed by atoms with van der Waals surface area (Å²) < 4.78 is 10.6. The highest BCUT2D eigenvalue weighted by Gasteiger charge is 2.14. The van der Waals surface area contributed by atoms with Gasteiger partial charge in [-0.2, -0.15) is 0 Å². The summed E-state index contributed by atoms with van der Waals surface area (Å²) >= 11 is 0.